The SMILES string of the molecule is CCC(C)N1CCN(c2ccccc2C(=N)N)CC1. The number of para-hydroxylation sites is 1. The summed E-state index contributed by atoms with van der Waals surface area (Å²) in [5.74, 6) is 0.153. The van der Waals surface area contributed by atoms with Gasteiger partial charge in [0.2, 0.25) is 0 Å². The third-order valence-corrected chi connectivity index (χ3v) is 4.06. The predicted octanol–water partition coefficient (Wildman–Crippen LogP) is 1.89. The van der Waals surface area contributed by atoms with Gasteiger partial charge in [0.1, 0.15) is 5.84 Å². The summed E-state index contributed by atoms with van der Waals surface area (Å²) in [6.07, 6.45) is 1.20. The maximum Gasteiger partial charge on any atom is 0.124 e. The van der Waals surface area contributed by atoms with E-state index in [0.29, 0.717) is 6.04 Å². The molecule has 0 saturated carbocycles. The van der Waals surface area contributed by atoms with Crippen LogP contribution < -0.4 is 10.6 Å². The molecule has 0 aromatic heterocycles. The molecule has 1 aliphatic rings. The van der Waals surface area contributed by atoms with Gasteiger partial charge in [-0.25, -0.2) is 0 Å². The van der Waals surface area contributed by atoms with E-state index in [2.05, 4.69) is 29.7 Å². The summed E-state index contributed by atoms with van der Waals surface area (Å²) in [6.45, 7) is 8.72. The molecule has 0 aliphatic carbocycles. The number of rotatable bonds is 4. The van der Waals surface area contributed by atoms with Crippen LogP contribution in [0.4, 0.5) is 5.69 Å². The van der Waals surface area contributed by atoms with Gasteiger partial charge in [-0.1, -0.05) is 19.1 Å². The first-order chi connectivity index (χ1) is 9.13. The van der Waals surface area contributed by atoms with Gasteiger partial charge in [-0.05, 0) is 25.5 Å². The number of hydrogen-bond donors (Lipinski definition) is 2. The molecule has 1 saturated heterocycles. The van der Waals surface area contributed by atoms with E-state index in [4.69, 9.17) is 11.1 Å². The summed E-state index contributed by atoms with van der Waals surface area (Å²) in [4.78, 5) is 4.88. The normalized spacial score (nSPS) is 18.3. The van der Waals surface area contributed by atoms with Crippen LogP contribution in [0.15, 0.2) is 24.3 Å². The molecular weight excluding hydrogens is 236 g/mol. The van der Waals surface area contributed by atoms with Gasteiger partial charge < -0.3 is 10.6 Å². The highest BCUT2D eigenvalue weighted by atomic mass is 15.3. The van der Waals surface area contributed by atoms with Crippen LogP contribution in [0.2, 0.25) is 0 Å². The van der Waals surface area contributed by atoms with Crippen molar-refractivity contribution < 1.29 is 0 Å². The monoisotopic (exact) mass is 260 g/mol. The Morgan fingerprint density at radius 2 is 1.89 bits per heavy atom. The first kappa shape index (κ1) is 13.9. The van der Waals surface area contributed by atoms with Crippen LogP contribution in [-0.4, -0.2) is 43.0 Å². The fraction of sp³-hybridized carbons (Fsp3) is 0.533. The Morgan fingerprint density at radius 1 is 1.26 bits per heavy atom. The van der Waals surface area contributed by atoms with Crippen LogP contribution in [0.1, 0.15) is 25.8 Å². The summed E-state index contributed by atoms with van der Waals surface area (Å²) in [6, 6.07) is 8.61. The van der Waals surface area contributed by atoms with Crippen molar-refractivity contribution in [1.82, 2.24) is 4.90 Å². The second-order valence-corrected chi connectivity index (χ2v) is 5.21. The first-order valence-corrected chi connectivity index (χ1v) is 7.06. The van der Waals surface area contributed by atoms with E-state index in [1.165, 1.54) is 6.42 Å². The summed E-state index contributed by atoms with van der Waals surface area (Å²) < 4.78 is 0. The molecule has 1 aromatic rings. The van der Waals surface area contributed by atoms with E-state index < -0.39 is 0 Å². The summed E-state index contributed by atoms with van der Waals surface area (Å²) >= 11 is 0. The lowest BCUT2D eigenvalue weighted by molar-refractivity contribution is 0.193. The average Bonchev–Trinajstić information content (AvgIpc) is 2.46. The minimum atomic E-state index is 0.153. The van der Waals surface area contributed by atoms with Crippen molar-refractivity contribution in [2.24, 2.45) is 5.73 Å². The van der Waals surface area contributed by atoms with Gasteiger partial charge in [0.25, 0.3) is 0 Å². The lowest BCUT2D eigenvalue weighted by Crippen LogP contribution is -2.49. The zero-order chi connectivity index (χ0) is 13.8. The average molecular weight is 260 g/mol. The third kappa shape index (κ3) is 3.07. The molecule has 4 heteroatoms. The number of nitrogens with one attached hydrogen (secondary N) is 1. The third-order valence-electron chi connectivity index (χ3n) is 4.06. The maximum atomic E-state index is 7.67. The minimum absolute atomic E-state index is 0.153. The summed E-state index contributed by atoms with van der Waals surface area (Å²) in [7, 11) is 0. The maximum absolute atomic E-state index is 7.67. The molecule has 2 rings (SSSR count). The second kappa shape index (κ2) is 6.06. The van der Waals surface area contributed by atoms with E-state index in [-0.39, 0.29) is 5.84 Å². The number of nitrogens with two attached hydrogens (primary N) is 1. The molecule has 0 radical (unpaired) electrons. The van der Waals surface area contributed by atoms with Crippen LogP contribution in [-0.2, 0) is 0 Å². The van der Waals surface area contributed by atoms with Crippen LogP contribution in [0.3, 0.4) is 0 Å². The molecule has 1 fully saturated rings. The quantitative estimate of drug-likeness (QED) is 0.642. The van der Waals surface area contributed by atoms with E-state index in [9.17, 15) is 0 Å². The molecule has 0 spiro atoms. The lowest BCUT2D eigenvalue weighted by Gasteiger charge is -2.39. The standard InChI is InChI=1S/C15H24N4/c1-3-12(2)18-8-10-19(11-9-18)14-7-5-4-6-13(14)15(16)17/h4-7,12H,3,8-11H2,1-2H3,(H3,16,17). The van der Waals surface area contributed by atoms with Crippen molar-refractivity contribution in [3.05, 3.63) is 29.8 Å². The van der Waals surface area contributed by atoms with Crippen LogP contribution in [0.25, 0.3) is 0 Å². The highest BCUT2D eigenvalue weighted by molar-refractivity contribution is 6.00. The van der Waals surface area contributed by atoms with Gasteiger partial charge in [-0.15, -0.1) is 0 Å². The highest BCUT2D eigenvalue weighted by Crippen LogP contribution is 2.22. The minimum Gasteiger partial charge on any atom is -0.384 e. The molecule has 3 N–H and O–H groups in total. The van der Waals surface area contributed by atoms with Gasteiger partial charge in [0.05, 0.1) is 0 Å². The predicted molar refractivity (Wildman–Crippen MR) is 81.0 cm³/mol. The second-order valence-electron chi connectivity index (χ2n) is 5.21. The largest absolute Gasteiger partial charge is 0.384 e. The number of amidine groups is 1. The van der Waals surface area contributed by atoms with Crippen molar-refractivity contribution in [2.45, 2.75) is 26.3 Å². The number of piperazine rings is 1. The number of nitrogens with zero attached hydrogens (tertiary/aromatic N) is 2. The van der Waals surface area contributed by atoms with Gasteiger partial charge in [0.15, 0.2) is 0 Å². The van der Waals surface area contributed by atoms with Gasteiger partial charge in [-0.3, -0.25) is 10.3 Å². The number of benzene rings is 1. The van der Waals surface area contributed by atoms with Gasteiger partial charge in [-0.2, -0.15) is 0 Å². The van der Waals surface area contributed by atoms with Crippen LogP contribution in [0, 0.1) is 5.41 Å². The fourth-order valence-electron chi connectivity index (χ4n) is 2.64. The van der Waals surface area contributed by atoms with Gasteiger partial charge in [0, 0.05) is 43.5 Å². The number of nitrogen functional groups attached to an aromatic ring is 1. The van der Waals surface area contributed by atoms with Gasteiger partial charge >= 0.3 is 0 Å². The van der Waals surface area contributed by atoms with Crippen molar-refractivity contribution >= 4 is 11.5 Å². The first-order valence-electron chi connectivity index (χ1n) is 7.06. The zero-order valence-corrected chi connectivity index (χ0v) is 11.9. The molecule has 104 valence electrons. The van der Waals surface area contributed by atoms with Crippen LogP contribution in [0.5, 0.6) is 0 Å². The zero-order valence-electron chi connectivity index (χ0n) is 11.9. The summed E-state index contributed by atoms with van der Waals surface area (Å²) in [5.41, 5.74) is 7.61. The molecule has 19 heavy (non-hydrogen) atoms. The Hall–Kier alpha value is -1.55. The molecule has 4 nitrogen and oxygen atoms in total. The highest BCUT2D eigenvalue weighted by Gasteiger charge is 2.21. The number of hydrogen-bond acceptors (Lipinski definition) is 3. The molecule has 1 atom stereocenters. The van der Waals surface area contributed by atoms with Crippen LogP contribution >= 0.6 is 0 Å². The smallest absolute Gasteiger partial charge is 0.124 e. The van der Waals surface area contributed by atoms with E-state index in [1.54, 1.807) is 0 Å². The Morgan fingerprint density at radius 3 is 2.47 bits per heavy atom. The van der Waals surface area contributed by atoms with Crippen molar-refractivity contribution in [3.8, 4) is 0 Å². The van der Waals surface area contributed by atoms with E-state index in [0.717, 1.165) is 37.4 Å². The Bertz CT molecular complexity index is 436. The molecule has 1 heterocycles. The topological polar surface area (TPSA) is 56.4 Å². The molecule has 1 aromatic carbocycles. The number of anilines is 1. The molecule has 1 unspecified atom stereocenters. The molecule has 0 bridgehead atoms. The fourth-order valence-corrected chi connectivity index (χ4v) is 2.64. The van der Waals surface area contributed by atoms with Crippen molar-refractivity contribution in [3.63, 3.8) is 0 Å². The van der Waals surface area contributed by atoms with E-state index in [1.807, 2.05) is 18.2 Å². The molecule has 1 aliphatic heterocycles. The van der Waals surface area contributed by atoms with Crippen molar-refractivity contribution in [2.75, 3.05) is 31.1 Å². The van der Waals surface area contributed by atoms with E-state index >= 15 is 0 Å². The molecule has 0 amide bonds. The Kier molecular flexibility index (Phi) is 4.43. The lowest BCUT2D eigenvalue weighted by atomic mass is 10.1. The van der Waals surface area contributed by atoms with Crippen molar-refractivity contribution in [1.29, 1.82) is 5.41 Å². The summed E-state index contributed by atoms with van der Waals surface area (Å²) in [5, 5.41) is 7.67. The Balaban J connectivity index is 2.08. The Labute approximate surface area is 115 Å². The molecular formula is C15H24N4.